The molecule has 1 aromatic carbocycles. The Bertz CT molecular complexity index is 641. The molecule has 1 saturated carbocycles. The summed E-state index contributed by atoms with van der Waals surface area (Å²) in [4.78, 5) is 12.2. The number of nitrogens with one attached hydrogen (secondary N) is 1. The van der Waals surface area contributed by atoms with Crippen molar-refractivity contribution in [1.29, 1.82) is 0 Å². The highest BCUT2D eigenvalue weighted by molar-refractivity contribution is 6.07. The van der Waals surface area contributed by atoms with Gasteiger partial charge in [-0.2, -0.15) is 0 Å². The molecule has 1 spiro atoms. The Hall–Kier alpha value is -1.97. The molecule has 1 fully saturated rings. The van der Waals surface area contributed by atoms with E-state index in [4.69, 9.17) is 4.74 Å². The third-order valence-corrected chi connectivity index (χ3v) is 4.79. The van der Waals surface area contributed by atoms with Gasteiger partial charge in [-0.15, -0.1) is 0 Å². The van der Waals surface area contributed by atoms with Crippen LogP contribution in [0.1, 0.15) is 50.5 Å². The van der Waals surface area contributed by atoms with Gasteiger partial charge >= 0.3 is 0 Å². The minimum atomic E-state index is -0.457. The Morgan fingerprint density at radius 1 is 1.14 bits per heavy atom. The van der Waals surface area contributed by atoms with E-state index in [2.05, 4.69) is 5.32 Å². The van der Waals surface area contributed by atoms with Gasteiger partial charge in [0.15, 0.2) is 11.5 Å². The molecule has 0 bridgehead atoms. The number of phenols is 1. The molecular formula is C17H19NO3. The van der Waals surface area contributed by atoms with E-state index < -0.39 is 5.72 Å². The number of Topliss-reactive ketones (excluding diaryl/α,β-unsaturated/α-hetero) is 1. The summed E-state index contributed by atoms with van der Waals surface area (Å²) in [5.74, 6) is 1.15. The first-order valence-electron chi connectivity index (χ1n) is 7.74. The Labute approximate surface area is 123 Å². The van der Waals surface area contributed by atoms with E-state index >= 15 is 0 Å². The smallest absolute Gasteiger partial charge is 0.180 e. The van der Waals surface area contributed by atoms with Gasteiger partial charge in [0.25, 0.3) is 0 Å². The minimum absolute atomic E-state index is 0.162. The number of fused-ring (bicyclic) bond motifs is 2. The number of allylic oxidation sites excluding steroid dienone is 2. The monoisotopic (exact) mass is 285 g/mol. The second-order valence-electron chi connectivity index (χ2n) is 6.24. The Kier molecular flexibility index (Phi) is 2.74. The van der Waals surface area contributed by atoms with Crippen LogP contribution in [-0.2, 0) is 4.79 Å². The van der Waals surface area contributed by atoms with Crippen molar-refractivity contribution >= 4 is 11.4 Å². The van der Waals surface area contributed by atoms with Gasteiger partial charge in [0.1, 0.15) is 11.5 Å². The molecule has 0 amide bonds. The first-order chi connectivity index (χ1) is 10.2. The fourth-order valence-corrected chi connectivity index (χ4v) is 3.73. The molecule has 0 unspecified atom stereocenters. The van der Waals surface area contributed by atoms with Crippen molar-refractivity contribution in [2.75, 3.05) is 0 Å². The second kappa shape index (κ2) is 4.52. The van der Waals surface area contributed by atoms with Crippen molar-refractivity contribution in [1.82, 2.24) is 5.32 Å². The fourth-order valence-electron chi connectivity index (χ4n) is 3.73. The standard InChI is InChI=1S/C17H19NO3/c19-11-4-7-15-13(10-11)12-5-6-14(20)16(12)18-17(21-15)8-2-1-3-9-17/h4,7,10,18-19H,1-3,5-6,8-9H2. The van der Waals surface area contributed by atoms with Gasteiger partial charge in [0, 0.05) is 24.8 Å². The number of hydrogen-bond donors (Lipinski definition) is 2. The molecule has 0 saturated heterocycles. The van der Waals surface area contributed by atoms with Gasteiger partial charge in [-0.05, 0) is 43.0 Å². The molecule has 1 aliphatic heterocycles. The number of ether oxygens (including phenoxy) is 1. The first-order valence-corrected chi connectivity index (χ1v) is 7.74. The van der Waals surface area contributed by atoms with Gasteiger partial charge in [0.2, 0.25) is 0 Å². The van der Waals surface area contributed by atoms with Crippen LogP contribution in [0.15, 0.2) is 23.9 Å². The summed E-state index contributed by atoms with van der Waals surface area (Å²) >= 11 is 0. The summed E-state index contributed by atoms with van der Waals surface area (Å²) in [6.45, 7) is 0. The molecule has 0 atom stereocenters. The highest BCUT2D eigenvalue weighted by Gasteiger charge is 2.41. The largest absolute Gasteiger partial charge is 0.508 e. The van der Waals surface area contributed by atoms with Crippen molar-refractivity contribution in [2.45, 2.75) is 50.7 Å². The lowest BCUT2D eigenvalue weighted by molar-refractivity contribution is -0.116. The zero-order valence-electron chi connectivity index (χ0n) is 11.9. The molecule has 4 rings (SSSR count). The maximum absolute atomic E-state index is 12.2. The number of ketones is 1. The summed E-state index contributed by atoms with van der Waals surface area (Å²) in [7, 11) is 0. The van der Waals surface area contributed by atoms with E-state index in [9.17, 15) is 9.90 Å². The van der Waals surface area contributed by atoms with Crippen LogP contribution >= 0.6 is 0 Å². The highest BCUT2D eigenvalue weighted by atomic mass is 16.5. The van der Waals surface area contributed by atoms with Crippen molar-refractivity contribution in [3.05, 3.63) is 29.5 Å². The zero-order valence-corrected chi connectivity index (χ0v) is 11.9. The molecule has 0 aromatic heterocycles. The van der Waals surface area contributed by atoms with Crippen LogP contribution in [0.2, 0.25) is 0 Å². The Morgan fingerprint density at radius 2 is 1.95 bits per heavy atom. The molecule has 21 heavy (non-hydrogen) atoms. The number of benzene rings is 1. The van der Waals surface area contributed by atoms with Crippen molar-refractivity contribution in [3.63, 3.8) is 0 Å². The molecule has 4 heteroatoms. The van der Waals surface area contributed by atoms with Gasteiger partial charge < -0.3 is 15.2 Å². The first kappa shape index (κ1) is 12.7. The Balaban J connectivity index is 1.87. The van der Waals surface area contributed by atoms with Crippen molar-refractivity contribution in [2.24, 2.45) is 0 Å². The average molecular weight is 285 g/mol. The molecule has 1 heterocycles. The van der Waals surface area contributed by atoms with Gasteiger partial charge in [-0.3, -0.25) is 4.79 Å². The van der Waals surface area contributed by atoms with Crippen LogP contribution in [0.3, 0.4) is 0 Å². The lowest BCUT2D eigenvalue weighted by Gasteiger charge is -2.38. The third-order valence-electron chi connectivity index (χ3n) is 4.79. The number of phenolic OH excluding ortho intramolecular Hbond substituents is 1. The van der Waals surface area contributed by atoms with E-state index in [0.717, 1.165) is 49.0 Å². The van der Waals surface area contributed by atoms with Crippen LogP contribution in [0.5, 0.6) is 11.5 Å². The third kappa shape index (κ3) is 2.01. The summed E-state index contributed by atoms with van der Waals surface area (Å²) in [6.07, 6.45) is 6.53. The van der Waals surface area contributed by atoms with E-state index in [0.29, 0.717) is 12.1 Å². The van der Waals surface area contributed by atoms with Crippen LogP contribution < -0.4 is 10.1 Å². The summed E-state index contributed by atoms with van der Waals surface area (Å²) in [5.41, 5.74) is 2.11. The molecule has 2 N–H and O–H groups in total. The molecule has 110 valence electrons. The van der Waals surface area contributed by atoms with Gasteiger partial charge in [-0.25, -0.2) is 0 Å². The maximum atomic E-state index is 12.2. The van der Waals surface area contributed by atoms with Crippen molar-refractivity contribution < 1.29 is 14.6 Å². The zero-order chi connectivity index (χ0) is 14.4. The summed E-state index contributed by atoms with van der Waals surface area (Å²) in [6, 6.07) is 5.19. The minimum Gasteiger partial charge on any atom is -0.508 e. The number of hydrogen-bond acceptors (Lipinski definition) is 4. The highest BCUT2D eigenvalue weighted by Crippen LogP contribution is 2.44. The molecular weight excluding hydrogens is 266 g/mol. The fraction of sp³-hybridized carbons (Fsp3) is 0.471. The van der Waals surface area contributed by atoms with Crippen LogP contribution in [0.4, 0.5) is 0 Å². The quantitative estimate of drug-likeness (QED) is 0.769. The normalized spacial score (nSPS) is 23.1. The summed E-state index contributed by atoms with van der Waals surface area (Å²) in [5, 5.41) is 13.2. The van der Waals surface area contributed by atoms with E-state index in [1.807, 2.05) is 6.07 Å². The number of carbonyl (C=O) groups is 1. The van der Waals surface area contributed by atoms with Gasteiger partial charge in [-0.1, -0.05) is 6.42 Å². The Morgan fingerprint density at radius 3 is 2.76 bits per heavy atom. The topological polar surface area (TPSA) is 58.6 Å². The number of rotatable bonds is 0. The molecule has 0 radical (unpaired) electrons. The van der Waals surface area contributed by atoms with E-state index in [-0.39, 0.29) is 11.5 Å². The van der Waals surface area contributed by atoms with Crippen molar-refractivity contribution in [3.8, 4) is 11.5 Å². The van der Waals surface area contributed by atoms with E-state index in [1.165, 1.54) is 6.42 Å². The maximum Gasteiger partial charge on any atom is 0.180 e. The predicted octanol–water partition coefficient (Wildman–Crippen LogP) is 3.11. The number of aromatic hydroxyl groups is 1. The lowest BCUT2D eigenvalue weighted by atomic mass is 9.91. The summed E-state index contributed by atoms with van der Waals surface area (Å²) < 4.78 is 6.31. The number of carbonyl (C=O) groups excluding carboxylic acids is 1. The van der Waals surface area contributed by atoms with Gasteiger partial charge in [0.05, 0.1) is 5.70 Å². The molecule has 2 aliphatic carbocycles. The lowest BCUT2D eigenvalue weighted by Crippen LogP contribution is -2.51. The van der Waals surface area contributed by atoms with Crippen LogP contribution in [0.25, 0.3) is 5.57 Å². The predicted molar refractivity (Wildman–Crippen MR) is 78.8 cm³/mol. The van der Waals surface area contributed by atoms with E-state index in [1.54, 1.807) is 12.1 Å². The molecule has 4 nitrogen and oxygen atoms in total. The second-order valence-corrected chi connectivity index (χ2v) is 6.24. The van der Waals surface area contributed by atoms with Crippen LogP contribution in [0, 0.1) is 0 Å². The molecule has 1 aromatic rings. The SMILES string of the molecule is O=C1CCC2=C1NC1(CCCCC1)Oc1ccc(O)cc12. The molecule has 3 aliphatic rings. The van der Waals surface area contributed by atoms with Crippen LogP contribution in [-0.4, -0.2) is 16.6 Å². The average Bonchev–Trinajstić information content (AvgIpc) is 2.77.